The van der Waals surface area contributed by atoms with Crippen molar-refractivity contribution >= 4 is 11.9 Å². The molecule has 2 aliphatic heterocycles. The Balaban J connectivity index is 0.000000131. The summed E-state index contributed by atoms with van der Waals surface area (Å²) in [5.41, 5.74) is 0. The minimum Gasteiger partial charge on any atom is -0.431 e. The maximum absolute atomic E-state index is 10.8. The van der Waals surface area contributed by atoms with Gasteiger partial charge in [0.1, 0.15) is 13.2 Å². The van der Waals surface area contributed by atoms with E-state index in [1.54, 1.807) is 0 Å². The van der Waals surface area contributed by atoms with Crippen molar-refractivity contribution in [2.75, 3.05) is 13.2 Å². The number of esters is 2. The fourth-order valence-electron chi connectivity index (χ4n) is 3.59. The second-order valence-corrected chi connectivity index (χ2v) is 6.47. The Bertz CT molecular complexity index is 380. The standard InChI is InChI=1S/2C8H12O3/c2*9-7-6-10-8(11-7)4-2-1-3-5-8/h2*1-6H2. The minimum atomic E-state index is -0.505. The Morgan fingerprint density at radius 1 is 0.591 bits per heavy atom. The van der Waals surface area contributed by atoms with Gasteiger partial charge in [0, 0.05) is 25.7 Å². The van der Waals surface area contributed by atoms with Gasteiger partial charge in [0.2, 0.25) is 11.6 Å². The quantitative estimate of drug-likeness (QED) is 0.640. The molecular formula is C16H24O6. The van der Waals surface area contributed by atoms with Crippen LogP contribution in [-0.4, -0.2) is 36.7 Å². The number of hydrogen-bond donors (Lipinski definition) is 0. The van der Waals surface area contributed by atoms with E-state index in [1.165, 1.54) is 12.8 Å². The number of ether oxygens (including phenoxy) is 4. The lowest BCUT2D eigenvalue weighted by atomic mass is 9.94. The van der Waals surface area contributed by atoms with Crippen LogP contribution in [0.4, 0.5) is 0 Å². The highest BCUT2D eigenvalue weighted by atomic mass is 16.8. The Hall–Kier alpha value is -1.14. The van der Waals surface area contributed by atoms with Crippen molar-refractivity contribution in [3.05, 3.63) is 0 Å². The molecule has 0 bridgehead atoms. The first-order chi connectivity index (χ1) is 10.6. The summed E-state index contributed by atoms with van der Waals surface area (Å²) in [6.07, 6.45) is 10.5. The van der Waals surface area contributed by atoms with Crippen molar-refractivity contribution in [1.29, 1.82) is 0 Å². The maximum atomic E-state index is 10.8. The largest absolute Gasteiger partial charge is 0.431 e. The molecule has 6 heteroatoms. The van der Waals surface area contributed by atoms with Crippen molar-refractivity contribution in [2.45, 2.75) is 75.8 Å². The third-order valence-corrected chi connectivity index (χ3v) is 4.74. The van der Waals surface area contributed by atoms with Crippen molar-refractivity contribution < 1.29 is 28.5 Å². The fourth-order valence-corrected chi connectivity index (χ4v) is 3.59. The number of carbonyl (C=O) groups is 2. The molecule has 22 heavy (non-hydrogen) atoms. The third-order valence-electron chi connectivity index (χ3n) is 4.74. The average molecular weight is 312 g/mol. The molecule has 2 spiro atoms. The monoisotopic (exact) mass is 312 g/mol. The van der Waals surface area contributed by atoms with Crippen LogP contribution in [0.25, 0.3) is 0 Å². The van der Waals surface area contributed by atoms with Gasteiger partial charge in [0.15, 0.2) is 0 Å². The first-order valence-electron chi connectivity index (χ1n) is 8.33. The summed E-state index contributed by atoms with van der Waals surface area (Å²) in [6.45, 7) is 0.306. The molecule has 4 aliphatic rings. The lowest BCUT2D eigenvalue weighted by Gasteiger charge is -2.29. The zero-order valence-corrected chi connectivity index (χ0v) is 12.9. The predicted molar refractivity (Wildman–Crippen MR) is 75.7 cm³/mol. The van der Waals surface area contributed by atoms with E-state index in [9.17, 15) is 9.59 Å². The van der Waals surface area contributed by atoms with Crippen LogP contribution in [-0.2, 0) is 28.5 Å². The molecule has 124 valence electrons. The summed E-state index contributed by atoms with van der Waals surface area (Å²) in [5, 5.41) is 0. The lowest BCUT2D eigenvalue weighted by molar-refractivity contribution is -0.186. The van der Waals surface area contributed by atoms with Crippen molar-refractivity contribution in [3.63, 3.8) is 0 Å². The van der Waals surface area contributed by atoms with E-state index in [-0.39, 0.29) is 25.2 Å². The number of hydrogen-bond acceptors (Lipinski definition) is 6. The summed E-state index contributed by atoms with van der Waals surface area (Å²) in [6, 6.07) is 0. The van der Waals surface area contributed by atoms with E-state index in [0.29, 0.717) is 0 Å². The number of carbonyl (C=O) groups excluding carboxylic acids is 2. The molecule has 0 aromatic carbocycles. The van der Waals surface area contributed by atoms with Gasteiger partial charge in [-0.1, -0.05) is 12.8 Å². The van der Waals surface area contributed by atoms with Gasteiger partial charge in [-0.3, -0.25) is 0 Å². The van der Waals surface area contributed by atoms with Gasteiger partial charge < -0.3 is 18.9 Å². The van der Waals surface area contributed by atoms with E-state index in [1.807, 2.05) is 0 Å². The molecule has 0 atom stereocenters. The molecule has 4 rings (SSSR count). The average Bonchev–Trinajstić information content (AvgIpc) is 3.05. The SMILES string of the molecule is O=C1COC2(CCCCC2)O1.O=C1COC2(CCCCC2)O1. The van der Waals surface area contributed by atoms with Crippen LogP contribution in [0, 0.1) is 0 Å². The molecular weight excluding hydrogens is 288 g/mol. The van der Waals surface area contributed by atoms with Crippen LogP contribution in [0.1, 0.15) is 64.2 Å². The third kappa shape index (κ3) is 3.60. The van der Waals surface area contributed by atoms with Crippen LogP contribution in [0.15, 0.2) is 0 Å². The normalized spacial score (nSPS) is 28.9. The maximum Gasteiger partial charge on any atom is 0.334 e. The smallest absolute Gasteiger partial charge is 0.334 e. The molecule has 0 aromatic heterocycles. The van der Waals surface area contributed by atoms with Gasteiger partial charge in [-0.05, 0) is 25.7 Å². The van der Waals surface area contributed by atoms with Crippen molar-refractivity contribution in [2.24, 2.45) is 0 Å². The van der Waals surface area contributed by atoms with Crippen LogP contribution in [0.3, 0.4) is 0 Å². The number of rotatable bonds is 0. The highest BCUT2D eigenvalue weighted by molar-refractivity contribution is 5.73. The molecule has 0 N–H and O–H groups in total. The summed E-state index contributed by atoms with van der Waals surface area (Å²) < 4.78 is 20.9. The highest BCUT2D eigenvalue weighted by Crippen LogP contribution is 2.36. The molecule has 4 fully saturated rings. The van der Waals surface area contributed by atoms with Gasteiger partial charge in [0.05, 0.1) is 0 Å². The summed E-state index contributed by atoms with van der Waals surface area (Å²) in [4.78, 5) is 21.5. The topological polar surface area (TPSA) is 71.1 Å². The molecule has 0 aromatic rings. The van der Waals surface area contributed by atoms with E-state index in [2.05, 4.69) is 0 Å². The first kappa shape index (κ1) is 15.7. The van der Waals surface area contributed by atoms with E-state index >= 15 is 0 Å². The molecule has 0 radical (unpaired) electrons. The Kier molecular flexibility index (Phi) is 4.68. The van der Waals surface area contributed by atoms with Crippen LogP contribution in [0.5, 0.6) is 0 Å². The predicted octanol–water partition coefficient (Wildman–Crippen LogP) is 2.44. The van der Waals surface area contributed by atoms with Gasteiger partial charge >= 0.3 is 11.9 Å². The zero-order chi connectivity index (χ0) is 15.5. The summed E-state index contributed by atoms with van der Waals surface area (Å²) in [7, 11) is 0. The van der Waals surface area contributed by atoms with Gasteiger partial charge in [0.25, 0.3) is 0 Å². The second kappa shape index (κ2) is 6.54. The molecule has 0 amide bonds. The molecule has 2 saturated heterocycles. The fraction of sp³-hybridized carbons (Fsp3) is 0.875. The van der Waals surface area contributed by atoms with E-state index in [4.69, 9.17) is 18.9 Å². The minimum absolute atomic E-state index is 0.153. The molecule has 0 unspecified atom stereocenters. The van der Waals surface area contributed by atoms with Crippen LogP contribution in [0.2, 0.25) is 0 Å². The van der Waals surface area contributed by atoms with Crippen molar-refractivity contribution in [1.82, 2.24) is 0 Å². The van der Waals surface area contributed by atoms with Gasteiger partial charge in [-0.15, -0.1) is 0 Å². The molecule has 6 nitrogen and oxygen atoms in total. The molecule has 2 aliphatic carbocycles. The molecule has 2 saturated carbocycles. The van der Waals surface area contributed by atoms with Gasteiger partial charge in [-0.2, -0.15) is 0 Å². The summed E-state index contributed by atoms with van der Waals surface area (Å²) in [5.74, 6) is -1.41. The Labute approximate surface area is 130 Å². The van der Waals surface area contributed by atoms with E-state index < -0.39 is 11.6 Å². The zero-order valence-electron chi connectivity index (χ0n) is 12.9. The molecule has 2 heterocycles. The Morgan fingerprint density at radius 3 is 1.23 bits per heavy atom. The van der Waals surface area contributed by atoms with Crippen LogP contribution < -0.4 is 0 Å². The van der Waals surface area contributed by atoms with Crippen molar-refractivity contribution in [3.8, 4) is 0 Å². The van der Waals surface area contributed by atoms with E-state index in [0.717, 1.165) is 51.4 Å². The van der Waals surface area contributed by atoms with Crippen LogP contribution >= 0.6 is 0 Å². The summed E-state index contributed by atoms with van der Waals surface area (Å²) >= 11 is 0. The first-order valence-corrected chi connectivity index (χ1v) is 8.33. The van der Waals surface area contributed by atoms with Gasteiger partial charge in [-0.25, -0.2) is 9.59 Å². The second-order valence-electron chi connectivity index (χ2n) is 6.47. The Morgan fingerprint density at radius 2 is 0.955 bits per heavy atom. The highest BCUT2D eigenvalue weighted by Gasteiger charge is 2.43. The lowest BCUT2D eigenvalue weighted by Crippen LogP contribution is -2.32.